The zero-order chi connectivity index (χ0) is 13.2. The quantitative estimate of drug-likeness (QED) is 0.847. The van der Waals surface area contributed by atoms with Crippen molar-refractivity contribution >= 4 is 5.65 Å². The van der Waals surface area contributed by atoms with Gasteiger partial charge < -0.3 is 4.90 Å². The van der Waals surface area contributed by atoms with Gasteiger partial charge in [-0.1, -0.05) is 13.0 Å². The van der Waals surface area contributed by atoms with Gasteiger partial charge in [0, 0.05) is 19.2 Å². The van der Waals surface area contributed by atoms with Gasteiger partial charge in [-0.3, -0.25) is 4.40 Å². The molecule has 0 amide bonds. The molecule has 1 aliphatic rings. The van der Waals surface area contributed by atoms with Crippen molar-refractivity contribution in [3.8, 4) is 0 Å². The van der Waals surface area contributed by atoms with Gasteiger partial charge in [0.05, 0.1) is 0 Å². The fourth-order valence-electron chi connectivity index (χ4n) is 3.05. The highest BCUT2D eigenvalue weighted by molar-refractivity contribution is 5.39. The monoisotopic (exact) mass is 258 g/mol. The van der Waals surface area contributed by atoms with Crippen molar-refractivity contribution in [1.29, 1.82) is 0 Å². The number of hydrogen-bond donors (Lipinski definition) is 0. The van der Waals surface area contributed by atoms with Gasteiger partial charge in [-0.15, -0.1) is 10.2 Å². The molecule has 0 radical (unpaired) electrons. The van der Waals surface area contributed by atoms with Crippen LogP contribution in [0.3, 0.4) is 0 Å². The molecule has 3 rings (SSSR count). The van der Waals surface area contributed by atoms with Gasteiger partial charge in [-0.25, -0.2) is 0 Å². The van der Waals surface area contributed by atoms with Crippen LogP contribution in [0.25, 0.3) is 5.65 Å². The zero-order valence-corrected chi connectivity index (χ0v) is 11.8. The summed E-state index contributed by atoms with van der Waals surface area (Å²) in [7, 11) is 0. The molecule has 2 aromatic heterocycles. The van der Waals surface area contributed by atoms with Crippen LogP contribution in [0.15, 0.2) is 18.3 Å². The van der Waals surface area contributed by atoms with Crippen LogP contribution in [0, 0.1) is 12.8 Å². The van der Waals surface area contributed by atoms with Crippen molar-refractivity contribution in [1.82, 2.24) is 19.5 Å². The molecule has 0 spiro atoms. The summed E-state index contributed by atoms with van der Waals surface area (Å²) in [5.41, 5.74) is 2.22. The van der Waals surface area contributed by atoms with E-state index in [0.717, 1.165) is 30.4 Å². The van der Waals surface area contributed by atoms with Gasteiger partial charge in [-0.2, -0.15) is 0 Å². The van der Waals surface area contributed by atoms with Crippen LogP contribution in [-0.2, 0) is 6.42 Å². The Balaban J connectivity index is 1.79. The lowest BCUT2D eigenvalue weighted by atomic mass is 9.94. The molecular formula is C15H22N4. The Morgan fingerprint density at radius 3 is 3.05 bits per heavy atom. The number of hydrogen-bond acceptors (Lipinski definition) is 3. The van der Waals surface area contributed by atoms with Gasteiger partial charge in [0.2, 0.25) is 0 Å². The van der Waals surface area contributed by atoms with Crippen molar-refractivity contribution in [3.63, 3.8) is 0 Å². The fraction of sp³-hybridized carbons (Fsp3) is 0.600. The second-order valence-corrected chi connectivity index (χ2v) is 5.66. The number of fused-ring (bicyclic) bond motifs is 1. The van der Waals surface area contributed by atoms with E-state index in [0.29, 0.717) is 0 Å². The predicted molar refractivity (Wildman–Crippen MR) is 76.3 cm³/mol. The van der Waals surface area contributed by atoms with Gasteiger partial charge in [-0.05, 0) is 50.4 Å². The van der Waals surface area contributed by atoms with Crippen molar-refractivity contribution in [3.05, 3.63) is 29.7 Å². The summed E-state index contributed by atoms with van der Waals surface area (Å²) in [6.07, 6.45) is 5.82. The van der Waals surface area contributed by atoms with Crippen LogP contribution >= 0.6 is 0 Å². The smallest absolute Gasteiger partial charge is 0.160 e. The number of aryl methyl sites for hydroxylation is 1. The number of pyridine rings is 1. The Morgan fingerprint density at radius 1 is 1.32 bits per heavy atom. The van der Waals surface area contributed by atoms with Gasteiger partial charge in [0.15, 0.2) is 5.65 Å². The first-order chi connectivity index (χ1) is 9.26. The topological polar surface area (TPSA) is 33.4 Å². The minimum absolute atomic E-state index is 0.724. The number of nitrogens with zero attached hydrogens (tertiary/aromatic N) is 4. The molecule has 4 heteroatoms. The molecular weight excluding hydrogens is 236 g/mol. The standard InChI is InChI=1S/C15H22N4/c1-3-18-8-4-5-13(11-18)9-15-17-16-14-7-6-12(2)10-19(14)15/h6-7,10,13H,3-5,8-9,11H2,1-2H3. The highest BCUT2D eigenvalue weighted by Crippen LogP contribution is 2.20. The van der Waals surface area contributed by atoms with E-state index in [4.69, 9.17) is 0 Å². The normalized spacial score (nSPS) is 21.1. The zero-order valence-electron chi connectivity index (χ0n) is 11.8. The Morgan fingerprint density at radius 2 is 2.21 bits per heavy atom. The lowest BCUT2D eigenvalue weighted by molar-refractivity contribution is 0.180. The lowest BCUT2D eigenvalue weighted by Crippen LogP contribution is -2.36. The predicted octanol–water partition coefficient (Wildman–Crippen LogP) is 2.31. The maximum Gasteiger partial charge on any atom is 0.160 e. The van der Waals surface area contributed by atoms with Crippen molar-refractivity contribution in [2.24, 2.45) is 5.92 Å². The first-order valence-corrected chi connectivity index (χ1v) is 7.29. The SMILES string of the molecule is CCN1CCCC(Cc2nnc3ccc(C)cn23)C1. The van der Waals surface area contributed by atoms with Crippen LogP contribution in [0.5, 0.6) is 0 Å². The first-order valence-electron chi connectivity index (χ1n) is 7.29. The Kier molecular flexibility index (Phi) is 3.51. The second kappa shape index (κ2) is 5.29. The van der Waals surface area contributed by atoms with E-state index in [9.17, 15) is 0 Å². The third-order valence-electron chi connectivity index (χ3n) is 4.14. The van der Waals surface area contributed by atoms with E-state index in [1.807, 2.05) is 6.07 Å². The van der Waals surface area contributed by atoms with Crippen molar-refractivity contribution < 1.29 is 0 Å². The molecule has 1 fully saturated rings. The summed E-state index contributed by atoms with van der Waals surface area (Å²) < 4.78 is 2.15. The average molecular weight is 258 g/mol. The Bertz CT molecular complexity index is 560. The van der Waals surface area contributed by atoms with E-state index in [1.54, 1.807) is 0 Å². The number of aromatic nitrogens is 3. The molecule has 19 heavy (non-hydrogen) atoms. The molecule has 0 aromatic carbocycles. The molecule has 1 atom stereocenters. The summed E-state index contributed by atoms with van der Waals surface area (Å²) in [4.78, 5) is 2.54. The maximum atomic E-state index is 4.38. The minimum Gasteiger partial charge on any atom is -0.303 e. The minimum atomic E-state index is 0.724. The Hall–Kier alpha value is -1.42. The van der Waals surface area contributed by atoms with Crippen molar-refractivity contribution in [2.45, 2.75) is 33.1 Å². The summed E-state index contributed by atoms with van der Waals surface area (Å²) in [5, 5.41) is 8.64. The van der Waals surface area contributed by atoms with Crippen molar-refractivity contribution in [2.75, 3.05) is 19.6 Å². The Labute approximate surface area is 114 Å². The molecule has 4 nitrogen and oxygen atoms in total. The number of rotatable bonds is 3. The second-order valence-electron chi connectivity index (χ2n) is 5.66. The highest BCUT2D eigenvalue weighted by atomic mass is 15.2. The molecule has 1 saturated heterocycles. The average Bonchev–Trinajstić information content (AvgIpc) is 2.81. The largest absolute Gasteiger partial charge is 0.303 e. The van der Waals surface area contributed by atoms with E-state index in [1.165, 1.54) is 31.5 Å². The van der Waals surface area contributed by atoms with Crippen LogP contribution < -0.4 is 0 Å². The van der Waals surface area contributed by atoms with Crippen LogP contribution in [0.2, 0.25) is 0 Å². The van der Waals surface area contributed by atoms with Gasteiger partial charge >= 0.3 is 0 Å². The molecule has 2 aromatic rings. The molecule has 1 aliphatic heterocycles. The first kappa shape index (κ1) is 12.6. The molecule has 0 saturated carbocycles. The van der Waals surface area contributed by atoms with E-state index < -0.39 is 0 Å². The molecule has 0 aliphatic carbocycles. The third kappa shape index (κ3) is 2.63. The van der Waals surface area contributed by atoms with E-state index in [2.05, 4.69) is 45.6 Å². The van der Waals surface area contributed by atoms with Crippen LogP contribution in [-0.4, -0.2) is 39.1 Å². The molecule has 0 N–H and O–H groups in total. The summed E-state index contributed by atoms with van der Waals surface area (Å²) in [6.45, 7) is 7.99. The van der Waals surface area contributed by atoms with Crippen LogP contribution in [0.1, 0.15) is 31.2 Å². The summed E-state index contributed by atoms with van der Waals surface area (Å²) >= 11 is 0. The molecule has 102 valence electrons. The summed E-state index contributed by atoms with van der Waals surface area (Å²) in [5.74, 6) is 1.84. The van der Waals surface area contributed by atoms with E-state index >= 15 is 0 Å². The fourth-order valence-corrected chi connectivity index (χ4v) is 3.05. The molecule has 1 unspecified atom stereocenters. The molecule has 0 bridgehead atoms. The number of piperidine rings is 1. The lowest BCUT2D eigenvalue weighted by Gasteiger charge is -2.31. The van der Waals surface area contributed by atoms with Gasteiger partial charge in [0.1, 0.15) is 5.82 Å². The number of likely N-dealkylation sites (tertiary alicyclic amines) is 1. The maximum absolute atomic E-state index is 4.38. The van der Waals surface area contributed by atoms with Gasteiger partial charge in [0.25, 0.3) is 0 Å². The molecule has 3 heterocycles. The van der Waals surface area contributed by atoms with E-state index in [-0.39, 0.29) is 0 Å². The third-order valence-corrected chi connectivity index (χ3v) is 4.14. The highest BCUT2D eigenvalue weighted by Gasteiger charge is 2.20. The van der Waals surface area contributed by atoms with Crippen LogP contribution in [0.4, 0.5) is 0 Å². The summed E-state index contributed by atoms with van der Waals surface area (Å²) in [6, 6.07) is 4.14.